The van der Waals surface area contributed by atoms with Crippen molar-refractivity contribution in [3.63, 3.8) is 0 Å². The van der Waals surface area contributed by atoms with E-state index in [1.54, 1.807) is 7.05 Å². The first kappa shape index (κ1) is 18.7. The fraction of sp³-hybridized carbons (Fsp3) is 0.875. The third-order valence-corrected chi connectivity index (χ3v) is 4.00. The molecule has 1 fully saturated rings. The molecule has 0 spiro atoms. The molecule has 2 unspecified atom stereocenters. The number of guanidine groups is 1. The molecule has 0 aromatic rings. The van der Waals surface area contributed by atoms with Gasteiger partial charge in [-0.3, -0.25) is 9.79 Å². The van der Waals surface area contributed by atoms with Crippen LogP contribution in [-0.4, -0.2) is 63.8 Å². The molecule has 128 valence electrons. The van der Waals surface area contributed by atoms with Crippen LogP contribution in [0.4, 0.5) is 0 Å². The van der Waals surface area contributed by atoms with Crippen LogP contribution in [0.5, 0.6) is 0 Å². The quantitative estimate of drug-likeness (QED) is 0.333. The molecule has 0 radical (unpaired) electrons. The number of ether oxygens (including phenoxy) is 2. The minimum Gasteiger partial charge on any atom is -0.469 e. The highest BCUT2D eigenvalue weighted by Gasteiger charge is 2.36. The van der Waals surface area contributed by atoms with Gasteiger partial charge in [-0.15, -0.1) is 0 Å². The second-order valence-electron chi connectivity index (χ2n) is 6.28. The van der Waals surface area contributed by atoms with E-state index >= 15 is 0 Å². The zero-order valence-corrected chi connectivity index (χ0v) is 14.6. The van der Waals surface area contributed by atoms with Crippen LogP contribution in [0.2, 0.25) is 0 Å². The van der Waals surface area contributed by atoms with Gasteiger partial charge in [-0.2, -0.15) is 0 Å². The van der Waals surface area contributed by atoms with E-state index in [2.05, 4.69) is 36.0 Å². The van der Waals surface area contributed by atoms with Crippen LogP contribution in [-0.2, 0) is 14.3 Å². The Hall–Kier alpha value is -1.30. The van der Waals surface area contributed by atoms with Crippen molar-refractivity contribution in [2.45, 2.75) is 27.2 Å². The third kappa shape index (κ3) is 5.83. The average molecular weight is 313 g/mol. The summed E-state index contributed by atoms with van der Waals surface area (Å²) in [4.78, 5) is 18.1. The minimum atomic E-state index is -0.137. The van der Waals surface area contributed by atoms with Crippen molar-refractivity contribution < 1.29 is 14.3 Å². The summed E-state index contributed by atoms with van der Waals surface area (Å²) in [6, 6.07) is 0. The number of carbonyl (C=O) groups excluding carboxylic acids is 1. The Morgan fingerprint density at radius 1 is 1.36 bits per heavy atom. The van der Waals surface area contributed by atoms with Crippen LogP contribution in [0.1, 0.15) is 27.2 Å². The molecule has 1 aliphatic heterocycles. The lowest BCUT2D eigenvalue weighted by molar-refractivity contribution is -0.145. The predicted octanol–water partition coefficient (Wildman–Crippen LogP) is 1.37. The second-order valence-corrected chi connectivity index (χ2v) is 6.28. The Bertz CT molecular complexity index is 372. The van der Waals surface area contributed by atoms with E-state index in [-0.39, 0.29) is 17.8 Å². The SMILES string of the molecule is CN=C(NCCOCCC(C)C)N1CC(C)C(C(=O)OC)C1. The van der Waals surface area contributed by atoms with E-state index in [9.17, 15) is 4.79 Å². The number of aliphatic imine (C=N–C) groups is 1. The fourth-order valence-corrected chi connectivity index (χ4v) is 2.59. The Kier molecular flexibility index (Phi) is 8.24. The summed E-state index contributed by atoms with van der Waals surface area (Å²) < 4.78 is 10.5. The summed E-state index contributed by atoms with van der Waals surface area (Å²) >= 11 is 0. The van der Waals surface area contributed by atoms with Crippen LogP contribution < -0.4 is 5.32 Å². The zero-order chi connectivity index (χ0) is 16.5. The van der Waals surface area contributed by atoms with E-state index in [4.69, 9.17) is 9.47 Å². The van der Waals surface area contributed by atoms with E-state index < -0.39 is 0 Å². The first-order valence-electron chi connectivity index (χ1n) is 8.10. The highest BCUT2D eigenvalue weighted by atomic mass is 16.5. The summed E-state index contributed by atoms with van der Waals surface area (Å²) in [5, 5.41) is 3.30. The molecule has 6 heteroatoms. The smallest absolute Gasteiger partial charge is 0.310 e. The molecule has 0 saturated carbocycles. The first-order chi connectivity index (χ1) is 10.5. The van der Waals surface area contributed by atoms with Gasteiger partial charge in [-0.1, -0.05) is 20.8 Å². The monoisotopic (exact) mass is 313 g/mol. The van der Waals surface area contributed by atoms with Gasteiger partial charge < -0.3 is 19.7 Å². The largest absolute Gasteiger partial charge is 0.469 e. The van der Waals surface area contributed by atoms with E-state index in [1.165, 1.54) is 7.11 Å². The number of esters is 1. The van der Waals surface area contributed by atoms with E-state index in [0.29, 0.717) is 19.1 Å². The van der Waals surface area contributed by atoms with Crippen molar-refractivity contribution in [2.75, 3.05) is 47.0 Å². The highest BCUT2D eigenvalue weighted by Crippen LogP contribution is 2.23. The number of nitrogens with zero attached hydrogens (tertiary/aromatic N) is 2. The van der Waals surface area contributed by atoms with Crippen molar-refractivity contribution in [3.8, 4) is 0 Å². The maximum atomic E-state index is 11.7. The molecule has 1 N–H and O–H groups in total. The summed E-state index contributed by atoms with van der Waals surface area (Å²) in [5.74, 6) is 1.55. The number of rotatable bonds is 7. The minimum absolute atomic E-state index is 0.0779. The standard InChI is InChI=1S/C16H31N3O3/c1-12(2)6-8-22-9-7-18-16(17-4)19-10-13(3)14(11-19)15(20)21-5/h12-14H,6-11H2,1-5H3,(H,17,18). The molecule has 0 aromatic carbocycles. The normalized spacial score (nSPS) is 22.3. The van der Waals surface area contributed by atoms with Crippen molar-refractivity contribution in [1.29, 1.82) is 0 Å². The van der Waals surface area contributed by atoms with E-state index in [0.717, 1.165) is 32.1 Å². The number of carbonyl (C=O) groups is 1. The number of hydrogen-bond acceptors (Lipinski definition) is 4. The van der Waals surface area contributed by atoms with Gasteiger partial charge in [0, 0.05) is 33.3 Å². The third-order valence-electron chi connectivity index (χ3n) is 4.00. The molecule has 0 bridgehead atoms. The molecule has 1 aliphatic rings. The van der Waals surface area contributed by atoms with Crippen LogP contribution in [0, 0.1) is 17.8 Å². The van der Waals surface area contributed by atoms with Gasteiger partial charge in [-0.25, -0.2) is 0 Å². The molecule has 1 saturated heterocycles. The van der Waals surface area contributed by atoms with Crippen molar-refractivity contribution in [1.82, 2.24) is 10.2 Å². The topological polar surface area (TPSA) is 63.2 Å². The second kappa shape index (κ2) is 9.66. The number of hydrogen-bond donors (Lipinski definition) is 1. The molecule has 0 aromatic heterocycles. The van der Waals surface area contributed by atoms with Gasteiger partial charge in [0.1, 0.15) is 0 Å². The van der Waals surface area contributed by atoms with Crippen molar-refractivity contribution in [3.05, 3.63) is 0 Å². The highest BCUT2D eigenvalue weighted by molar-refractivity contribution is 5.82. The molecule has 22 heavy (non-hydrogen) atoms. The summed E-state index contributed by atoms with van der Waals surface area (Å²) in [6.07, 6.45) is 1.08. The molecule has 1 heterocycles. The molecule has 0 aliphatic carbocycles. The van der Waals surface area contributed by atoms with Gasteiger partial charge in [-0.05, 0) is 18.3 Å². The first-order valence-corrected chi connectivity index (χ1v) is 8.10. The fourth-order valence-electron chi connectivity index (χ4n) is 2.59. The van der Waals surface area contributed by atoms with Gasteiger partial charge in [0.2, 0.25) is 0 Å². The average Bonchev–Trinajstić information content (AvgIpc) is 2.87. The van der Waals surface area contributed by atoms with Crippen LogP contribution in [0.3, 0.4) is 0 Å². The van der Waals surface area contributed by atoms with E-state index in [1.807, 2.05) is 0 Å². The van der Waals surface area contributed by atoms with Crippen LogP contribution >= 0.6 is 0 Å². The summed E-state index contributed by atoms with van der Waals surface area (Å²) in [7, 11) is 3.21. The molecular formula is C16H31N3O3. The van der Waals surface area contributed by atoms with Crippen molar-refractivity contribution in [2.24, 2.45) is 22.7 Å². The Morgan fingerprint density at radius 2 is 2.09 bits per heavy atom. The molecule has 6 nitrogen and oxygen atoms in total. The molecule has 2 atom stereocenters. The molecular weight excluding hydrogens is 282 g/mol. The number of likely N-dealkylation sites (tertiary alicyclic amines) is 1. The van der Waals surface area contributed by atoms with Gasteiger partial charge in [0.25, 0.3) is 0 Å². The Labute approximate surface area is 134 Å². The maximum absolute atomic E-state index is 11.7. The number of nitrogens with one attached hydrogen (secondary N) is 1. The zero-order valence-electron chi connectivity index (χ0n) is 14.6. The molecule has 0 amide bonds. The lowest BCUT2D eigenvalue weighted by Crippen LogP contribution is -2.41. The summed E-state index contributed by atoms with van der Waals surface area (Å²) in [5.41, 5.74) is 0. The Morgan fingerprint density at radius 3 is 2.68 bits per heavy atom. The number of methoxy groups -OCH3 is 1. The van der Waals surface area contributed by atoms with Crippen molar-refractivity contribution >= 4 is 11.9 Å². The maximum Gasteiger partial charge on any atom is 0.310 e. The summed E-state index contributed by atoms with van der Waals surface area (Å²) in [6.45, 7) is 10.1. The Balaban J connectivity index is 2.32. The predicted molar refractivity (Wildman–Crippen MR) is 87.9 cm³/mol. The van der Waals surface area contributed by atoms with Gasteiger partial charge >= 0.3 is 5.97 Å². The van der Waals surface area contributed by atoms with Crippen LogP contribution in [0.25, 0.3) is 0 Å². The lowest BCUT2D eigenvalue weighted by atomic mass is 9.99. The van der Waals surface area contributed by atoms with Gasteiger partial charge in [0.05, 0.1) is 19.6 Å². The van der Waals surface area contributed by atoms with Crippen LogP contribution in [0.15, 0.2) is 4.99 Å². The molecule has 1 rings (SSSR count). The lowest BCUT2D eigenvalue weighted by Gasteiger charge is -2.21. The van der Waals surface area contributed by atoms with Gasteiger partial charge in [0.15, 0.2) is 5.96 Å².